The fourth-order valence-electron chi connectivity index (χ4n) is 6.49. The van der Waals surface area contributed by atoms with Gasteiger partial charge >= 0.3 is 0 Å². The van der Waals surface area contributed by atoms with E-state index in [2.05, 4.69) is 31.2 Å². The normalized spacial score (nSPS) is 27.2. The molecule has 31 heavy (non-hydrogen) atoms. The Morgan fingerprint density at radius 2 is 1.61 bits per heavy atom. The molecule has 0 N–H and O–H groups in total. The van der Waals surface area contributed by atoms with Crippen molar-refractivity contribution < 1.29 is 4.39 Å². The summed E-state index contributed by atoms with van der Waals surface area (Å²) in [5.41, 5.74) is 2.27. The number of rotatable bonds is 7. The number of fused-ring (bicyclic) bond motifs is 1. The molecule has 168 valence electrons. The monoisotopic (exact) mass is 420 g/mol. The standard InChI is InChI=1S/C30H41F/c1-3-5-6-8-26-17-18-28-21-27(19-20-29(28)30(26)31)25-15-13-24(14-16-25)23-11-9-22(7-4-2)10-12-23/h3,5,17-25H,4,6-16H2,1-2H3/b5-3+. The summed E-state index contributed by atoms with van der Waals surface area (Å²) in [6.45, 7) is 4.35. The number of hydrogen-bond acceptors (Lipinski definition) is 0. The van der Waals surface area contributed by atoms with Crippen molar-refractivity contribution in [3.8, 4) is 0 Å². The summed E-state index contributed by atoms with van der Waals surface area (Å²) in [5.74, 6) is 3.60. The Bertz CT molecular complexity index is 863. The van der Waals surface area contributed by atoms with Crippen LogP contribution in [0.3, 0.4) is 0 Å². The Kier molecular flexibility index (Phi) is 7.86. The van der Waals surface area contributed by atoms with Gasteiger partial charge in [-0.3, -0.25) is 0 Å². The van der Waals surface area contributed by atoms with Crippen molar-refractivity contribution in [1.82, 2.24) is 0 Å². The van der Waals surface area contributed by atoms with E-state index >= 15 is 0 Å². The van der Waals surface area contributed by atoms with Gasteiger partial charge in [0.05, 0.1) is 0 Å². The third-order valence-electron chi connectivity index (χ3n) is 8.37. The first-order valence-electron chi connectivity index (χ1n) is 13.0. The molecule has 0 aliphatic heterocycles. The highest BCUT2D eigenvalue weighted by Crippen LogP contribution is 2.44. The third kappa shape index (κ3) is 5.41. The van der Waals surface area contributed by atoms with Crippen molar-refractivity contribution in [3.63, 3.8) is 0 Å². The van der Waals surface area contributed by atoms with Crippen LogP contribution in [0.15, 0.2) is 42.5 Å². The van der Waals surface area contributed by atoms with Gasteiger partial charge in [0, 0.05) is 5.39 Å². The fourth-order valence-corrected chi connectivity index (χ4v) is 6.49. The second-order valence-corrected chi connectivity index (χ2v) is 10.3. The zero-order valence-corrected chi connectivity index (χ0v) is 19.7. The molecule has 2 aromatic rings. The summed E-state index contributed by atoms with van der Waals surface area (Å²) in [5, 5.41) is 1.86. The van der Waals surface area contributed by atoms with Gasteiger partial charge in [0.1, 0.15) is 5.82 Å². The van der Waals surface area contributed by atoms with Crippen molar-refractivity contribution in [2.24, 2.45) is 17.8 Å². The molecule has 2 aliphatic rings. The molecule has 0 amide bonds. The van der Waals surface area contributed by atoms with Crippen molar-refractivity contribution >= 4 is 10.8 Å². The second-order valence-electron chi connectivity index (χ2n) is 10.3. The molecule has 0 saturated heterocycles. The molecule has 2 fully saturated rings. The highest BCUT2D eigenvalue weighted by atomic mass is 19.1. The number of halogens is 1. The van der Waals surface area contributed by atoms with Crippen LogP contribution in [0.1, 0.15) is 102 Å². The van der Waals surface area contributed by atoms with Gasteiger partial charge < -0.3 is 0 Å². The molecule has 0 nitrogen and oxygen atoms in total. The minimum absolute atomic E-state index is 0.0177. The van der Waals surface area contributed by atoms with Gasteiger partial charge in [-0.05, 0) is 98.5 Å². The Morgan fingerprint density at radius 1 is 0.903 bits per heavy atom. The Balaban J connectivity index is 1.36. The summed E-state index contributed by atoms with van der Waals surface area (Å²) >= 11 is 0. The molecule has 4 rings (SSSR count). The first-order valence-corrected chi connectivity index (χ1v) is 13.0. The van der Waals surface area contributed by atoms with E-state index in [4.69, 9.17) is 0 Å². The lowest BCUT2D eigenvalue weighted by Crippen LogP contribution is -2.25. The van der Waals surface area contributed by atoms with Crippen molar-refractivity contribution in [2.75, 3.05) is 0 Å². The number of benzene rings is 2. The molecule has 0 heterocycles. The lowest BCUT2D eigenvalue weighted by Gasteiger charge is -2.38. The van der Waals surface area contributed by atoms with Crippen LogP contribution in [0.5, 0.6) is 0 Å². The molecule has 0 aromatic heterocycles. The highest BCUT2D eigenvalue weighted by molar-refractivity contribution is 5.84. The van der Waals surface area contributed by atoms with Crippen molar-refractivity contribution in [1.29, 1.82) is 0 Å². The van der Waals surface area contributed by atoms with E-state index in [1.54, 1.807) is 0 Å². The molecule has 1 heteroatoms. The van der Waals surface area contributed by atoms with E-state index in [9.17, 15) is 4.39 Å². The van der Waals surface area contributed by atoms with Crippen molar-refractivity contribution in [3.05, 3.63) is 59.4 Å². The van der Waals surface area contributed by atoms with Gasteiger partial charge in [0.15, 0.2) is 0 Å². The maximum absolute atomic E-state index is 15.0. The van der Waals surface area contributed by atoms with E-state index < -0.39 is 0 Å². The highest BCUT2D eigenvalue weighted by Gasteiger charge is 2.31. The van der Waals surface area contributed by atoms with Crippen LogP contribution >= 0.6 is 0 Å². The van der Waals surface area contributed by atoms with Crippen molar-refractivity contribution in [2.45, 2.75) is 96.8 Å². The minimum Gasteiger partial charge on any atom is -0.206 e. The summed E-state index contributed by atoms with van der Waals surface area (Å²) in [7, 11) is 0. The molecule has 0 spiro atoms. The lowest BCUT2D eigenvalue weighted by atomic mass is 9.68. The van der Waals surface area contributed by atoms with E-state index in [0.29, 0.717) is 5.92 Å². The Morgan fingerprint density at radius 3 is 2.29 bits per heavy atom. The fraction of sp³-hybridized carbons (Fsp3) is 0.600. The average molecular weight is 421 g/mol. The van der Waals surface area contributed by atoms with Crippen LogP contribution in [-0.4, -0.2) is 0 Å². The van der Waals surface area contributed by atoms with Crippen LogP contribution < -0.4 is 0 Å². The molecular formula is C30H41F. The smallest absolute Gasteiger partial charge is 0.134 e. The van der Waals surface area contributed by atoms with Gasteiger partial charge in [-0.1, -0.05) is 75.1 Å². The molecular weight excluding hydrogens is 379 g/mol. The maximum Gasteiger partial charge on any atom is 0.134 e. The lowest BCUT2D eigenvalue weighted by molar-refractivity contribution is 0.156. The predicted octanol–water partition coefficient (Wildman–Crippen LogP) is 9.37. The van der Waals surface area contributed by atoms with Crippen LogP contribution in [-0.2, 0) is 6.42 Å². The van der Waals surface area contributed by atoms with E-state index in [1.807, 2.05) is 25.1 Å². The van der Waals surface area contributed by atoms with Gasteiger partial charge in [0.2, 0.25) is 0 Å². The first-order chi connectivity index (χ1) is 15.2. The van der Waals surface area contributed by atoms with Gasteiger partial charge in [0.25, 0.3) is 0 Å². The summed E-state index contributed by atoms with van der Waals surface area (Å²) < 4.78 is 15.0. The molecule has 0 atom stereocenters. The van der Waals surface area contributed by atoms with Crippen LogP contribution in [0, 0.1) is 23.6 Å². The van der Waals surface area contributed by atoms with Crippen LogP contribution in [0.4, 0.5) is 4.39 Å². The minimum atomic E-state index is -0.0177. The topological polar surface area (TPSA) is 0 Å². The van der Waals surface area contributed by atoms with Gasteiger partial charge in [-0.15, -0.1) is 0 Å². The summed E-state index contributed by atoms with van der Waals surface area (Å²) in [6, 6.07) is 10.7. The number of aryl methyl sites for hydroxylation is 1. The molecule has 0 radical (unpaired) electrons. The second kappa shape index (κ2) is 10.8. The maximum atomic E-state index is 15.0. The average Bonchev–Trinajstić information content (AvgIpc) is 2.81. The Hall–Kier alpha value is -1.63. The van der Waals surface area contributed by atoms with E-state index in [-0.39, 0.29) is 5.82 Å². The van der Waals surface area contributed by atoms with E-state index in [1.165, 1.54) is 69.8 Å². The third-order valence-corrected chi connectivity index (χ3v) is 8.37. The van der Waals surface area contributed by atoms with Gasteiger partial charge in [-0.25, -0.2) is 4.39 Å². The SMILES string of the molecule is C/C=C/CCc1ccc2cc(C3CCC(C4CCC(CCC)CC4)CC3)ccc2c1F. The number of hydrogen-bond donors (Lipinski definition) is 0. The molecule has 2 aromatic carbocycles. The quantitative estimate of drug-likeness (QED) is 0.391. The predicted molar refractivity (Wildman–Crippen MR) is 132 cm³/mol. The first kappa shape index (κ1) is 22.6. The van der Waals surface area contributed by atoms with E-state index in [0.717, 1.165) is 46.9 Å². The molecule has 0 unspecified atom stereocenters. The molecule has 0 bridgehead atoms. The number of allylic oxidation sites excluding steroid dienone is 2. The largest absolute Gasteiger partial charge is 0.206 e. The zero-order chi connectivity index (χ0) is 21.6. The van der Waals surface area contributed by atoms with Crippen LogP contribution in [0.25, 0.3) is 10.8 Å². The van der Waals surface area contributed by atoms with Crippen LogP contribution in [0.2, 0.25) is 0 Å². The molecule has 2 saturated carbocycles. The summed E-state index contributed by atoms with van der Waals surface area (Å²) in [6.07, 6.45) is 20.0. The zero-order valence-electron chi connectivity index (χ0n) is 19.7. The Labute approximate surface area is 189 Å². The van der Waals surface area contributed by atoms with Gasteiger partial charge in [-0.2, -0.15) is 0 Å². The summed E-state index contributed by atoms with van der Waals surface area (Å²) in [4.78, 5) is 0. The molecule has 2 aliphatic carbocycles.